The molecule has 1 aliphatic heterocycles. The number of aliphatic hydroxyl groups is 1. The predicted molar refractivity (Wildman–Crippen MR) is 91.0 cm³/mol. The number of aliphatic hydroxyl groups excluding tert-OH is 1. The fourth-order valence-electron chi connectivity index (χ4n) is 2.86. The van der Waals surface area contributed by atoms with Crippen LogP contribution in [0.5, 0.6) is 0 Å². The topological polar surface area (TPSA) is 66.8 Å². The lowest BCUT2D eigenvalue weighted by atomic mass is 9.88. The van der Waals surface area contributed by atoms with Crippen molar-refractivity contribution in [1.29, 1.82) is 0 Å². The Hall–Kier alpha value is -2.14. The molecule has 1 aromatic carbocycles. The number of carbonyl (C=O) groups excluding carboxylic acids is 2. The summed E-state index contributed by atoms with van der Waals surface area (Å²) in [6, 6.07) is 9.37. The minimum atomic E-state index is -0.602. The zero-order chi connectivity index (χ0) is 17.5. The molecule has 0 fully saturated rings. The third kappa shape index (κ3) is 4.45. The summed E-state index contributed by atoms with van der Waals surface area (Å²) in [7, 11) is 0. The van der Waals surface area contributed by atoms with Crippen molar-refractivity contribution in [2.45, 2.75) is 39.3 Å². The standard InChI is InChI=1S/C19H25NO4/c1-3-14(2)17-11-18(22)16(12-20(17)9-10-21)19(23)24-13-15-7-5-4-6-8-15/h4-8,12,14,17,21H,3,9-11,13H2,1-2H3. The molecule has 0 amide bonds. The van der Waals surface area contributed by atoms with Gasteiger partial charge in [-0.05, 0) is 11.5 Å². The van der Waals surface area contributed by atoms with E-state index in [-0.39, 0.29) is 37.0 Å². The number of β-amino-alcohol motifs (C(OH)–C–C–N with tert-alkyl or cyclic N) is 1. The molecular formula is C19H25NO4. The van der Waals surface area contributed by atoms with E-state index in [4.69, 9.17) is 4.74 Å². The quantitative estimate of drug-likeness (QED) is 0.613. The van der Waals surface area contributed by atoms with Crippen LogP contribution in [0.25, 0.3) is 0 Å². The van der Waals surface area contributed by atoms with Crippen LogP contribution in [0.4, 0.5) is 0 Å². The molecule has 0 bridgehead atoms. The number of ketones is 1. The Bertz CT molecular complexity index is 597. The highest BCUT2D eigenvalue weighted by atomic mass is 16.5. The van der Waals surface area contributed by atoms with Crippen molar-refractivity contribution >= 4 is 11.8 Å². The van der Waals surface area contributed by atoms with E-state index in [1.807, 2.05) is 35.2 Å². The fourth-order valence-corrected chi connectivity index (χ4v) is 2.86. The molecule has 0 radical (unpaired) electrons. The van der Waals surface area contributed by atoms with Gasteiger partial charge < -0.3 is 14.7 Å². The lowest BCUT2D eigenvalue weighted by molar-refractivity contribution is -0.142. The number of hydrogen-bond donors (Lipinski definition) is 1. The molecule has 2 unspecified atom stereocenters. The minimum Gasteiger partial charge on any atom is -0.457 e. The molecule has 0 aromatic heterocycles. The van der Waals surface area contributed by atoms with Crippen molar-refractivity contribution in [3.63, 3.8) is 0 Å². The first-order valence-corrected chi connectivity index (χ1v) is 8.39. The van der Waals surface area contributed by atoms with Crippen LogP contribution in [-0.2, 0) is 20.9 Å². The number of Topliss-reactive ketones (excluding diaryl/α,β-unsaturated/α-hetero) is 1. The monoisotopic (exact) mass is 331 g/mol. The van der Waals surface area contributed by atoms with Crippen molar-refractivity contribution in [3.05, 3.63) is 47.7 Å². The van der Waals surface area contributed by atoms with Crippen molar-refractivity contribution in [2.24, 2.45) is 5.92 Å². The first-order chi connectivity index (χ1) is 11.6. The number of ether oxygens (including phenoxy) is 1. The van der Waals surface area contributed by atoms with Crippen LogP contribution in [0.15, 0.2) is 42.1 Å². The van der Waals surface area contributed by atoms with E-state index in [2.05, 4.69) is 13.8 Å². The molecule has 0 spiro atoms. The summed E-state index contributed by atoms with van der Waals surface area (Å²) in [4.78, 5) is 26.5. The lowest BCUT2D eigenvalue weighted by Crippen LogP contribution is -2.44. The Morgan fingerprint density at radius 2 is 2.08 bits per heavy atom. The number of nitrogens with zero attached hydrogens (tertiary/aromatic N) is 1. The van der Waals surface area contributed by atoms with Gasteiger partial charge in [0.25, 0.3) is 0 Å². The maximum absolute atomic E-state index is 12.4. The van der Waals surface area contributed by atoms with E-state index in [1.54, 1.807) is 6.20 Å². The van der Waals surface area contributed by atoms with E-state index in [0.717, 1.165) is 12.0 Å². The second-order valence-corrected chi connectivity index (χ2v) is 6.15. The molecule has 24 heavy (non-hydrogen) atoms. The number of carbonyl (C=O) groups is 2. The van der Waals surface area contributed by atoms with E-state index in [0.29, 0.717) is 12.5 Å². The van der Waals surface area contributed by atoms with Gasteiger partial charge in [0.1, 0.15) is 12.2 Å². The van der Waals surface area contributed by atoms with Crippen LogP contribution in [0.3, 0.4) is 0 Å². The third-order valence-electron chi connectivity index (χ3n) is 4.51. The van der Waals surface area contributed by atoms with E-state index < -0.39 is 5.97 Å². The Labute approximate surface area is 142 Å². The summed E-state index contributed by atoms with van der Waals surface area (Å²) in [5, 5.41) is 9.26. The lowest BCUT2D eigenvalue weighted by Gasteiger charge is -2.37. The summed E-state index contributed by atoms with van der Waals surface area (Å²) in [5.41, 5.74) is 0.943. The molecule has 1 aliphatic rings. The summed E-state index contributed by atoms with van der Waals surface area (Å²) in [5.74, 6) is -0.486. The van der Waals surface area contributed by atoms with Crippen molar-refractivity contribution in [3.8, 4) is 0 Å². The number of esters is 1. The molecule has 5 nitrogen and oxygen atoms in total. The van der Waals surface area contributed by atoms with Crippen LogP contribution >= 0.6 is 0 Å². The van der Waals surface area contributed by atoms with Gasteiger partial charge in [0.2, 0.25) is 0 Å². The number of benzene rings is 1. The van der Waals surface area contributed by atoms with Gasteiger partial charge in [-0.2, -0.15) is 0 Å². The highest BCUT2D eigenvalue weighted by molar-refractivity contribution is 6.17. The maximum Gasteiger partial charge on any atom is 0.343 e. The summed E-state index contributed by atoms with van der Waals surface area (Å²) >= 11 is 0. The third-order valence-corrected chi connectivity index (χ3v) is 4.51. The summed E-state index contributed by atoms with van der Waals surface area (Å²) in [6.07, 6.45) is 2.77. The second-order valence-electron chi connectivity index (χ2n) is 6.15. The van der Waals surface area contributed by atoms with Gasteiger partial charge >= 0.3 is 5.97 Å². The summed E-state index contributed by atoms with van der Waals surface area (Å²) < 4.78 is 5.27. The van der Waals surface area contributed by atoms with Gasteiger partial charge in [-0.15, -0.1) is 0 Å². The van der Waals surface area contributed by atoms with Crippen molar-refractivity contribution in [2.75, 3.05) is 13.2 Å². The molecule has 1 heterocycles. The van der Waals surface area contributed by atoms with Crippen LogP contribution in [-0.4, -0.2) is 41.0 Å². The summed E-state index contributed by atoms with van der Waals surface area (Å²) in [6.45, 7) is 4.66. The first-order valence-electron chi connectivity index (χ1n) is 8.39. The number of hydrogen-bond acceptors (Lipinski definition) is 5. The largest absolute Gasteiger partial charge is 0.457 e. The maximum atomic E-state index is 12.4. The van der Waals surface area contributed by atoms with Crippen molar-refractivity contribution < 1.29 is 19.4 Å². The molecule has 130 valence electrons. The molecule has 1 N–H and O–H groups in total. The van der Waals surface area contributed by atoms with Crippen LogP contribution in [0.1, 0.15) is 32.3 Å². The molecule has 2 atom stereocenters. The second kappa shape index (κ2) is 8.64. The highest BCUT2D eigenvalue weighted by Gasteiger charge is 2.33. The minimum absolute atomic E-state index is 0.0142. The molecule has 5 heteroatoms. The number of rotatable bonds is 7. The Morgan fingerprint density at radius 3 is 2.71 bits per heavy atom. The molecular weight excluding hydrogens is 306 g/mol. The van der Waals surface area contributed by atoms with Gasteiger partial charge in [0.05, 0.1) is 6.61 Å². The van der Waals surface area contributed by atoms with E-state index in [9.17, 15) is 14.7 Å². The van der Waals surface area contributed by atoms with Gasteiger partial charge in [-0.1, -0.05) is 50.6 Å². The highest BCUT2D eigenvalue weighted by Crippen LogP contribution is 2.26. The first kappa shape index (κ1) is 18.2. The smallest absolute Gasteiger partial charge is 0.343 e. The van der Waals surface area contributed by atoms with E-state index in [1.165, 1.54) is 0 Å². The molecule has 0 saturated carbocycles. The average molecular weight is 331 g/mol. The van der Waals surface area contributed by atoms with Gasteiger partial charge in [-0.25, -0.2) is 4.79 Å². The fraction of sp³-hybridized carbons (Fsp3) is 0.474. The normalized spacial score (nSPS) is 19.0. The average Bonchev–Trinajstić information content (AvgIpc) is 2.61. The molecule has 1 aromatic rings. The Kier molecular flexibility index (Phi) is 6.55. The van der Waals surface area contributed by atoms with Crippen LogP contribution in [0.2, 0.25) is 0 Å². The van der Waals surface area contributed by atoms with Gasteiger partial charge in [0.15, 0.2) is 5.78 Å². The Balaban J connectivity index is 2.09. The van der Waals surface area contributed by atoms with Crippen LogP contribution < -0.4 is 0 Å². The Morgan fingerprint density at radius 1 is 1.38 bits per heavy atom. The molecule has 0 aliphatic carbocycles. The van der Waals surface area contributed by atoms with Crippen LogP contribution in [0, 0.1) is 5.92 Å². The SMILES string of the molecule is CCC(C)C1CC(=O)C(C(=O)OCc2ccccc2)=CN1CCO. The zero-order valence-electron chi connectivity index (χ0n) is 14.3. The van der Waals surface area contributed by atoms with Crippen molar-refractivity contribution in [1.82, 2.24) is 4.90 Å². The zero-order valence-corrected chi connectivity index (χ0v) is 14.3. The van der Waals surface area contributed by atoms with Gasteiger partial charge in [0, 0.05) is 25.2 Å². The molecule has 2 rings (SSSR count). The molecule has 0 saturated heterocycles. The van der Waals surface area contributed by atoms with E-state index >= 15 is 0 Å². The van der Waals surface area contributed by atoms with Gasteiger partial charge in [-0.3, -0.25) is 4.79 Å². The predicted octanol–water partition coefficient (Wildman–Crippen LogP) is 2.30.